The van der Waals surface area contributed by atoms with Gasteiger partial charge in [-0.25, -0.2) is 14.1 Å². The van der Waals surface area contributed by atoms with Crippen LogP contribution in [0, 0.1) is 5.82 Å². The molecule has 4 aromatic carbocycles. The summed E-state index contributed by atoms with van der Waals surface area (Å²) in [6, 6.07) is 27.4. The van der Waals surface area contributed by atoms with E-state index in [1.54, 1.807) is 36.4 Å². The summed E-state index contributed by atoms with van der Waals surface area (Å²) in [5.41, 5.74) is 3.30. The van der Waals surface area contributed by atoms with Crippen LogP contribution in [0.1, 0.15) is 25.3 Å². The highest BCUT2D eigenvalue weighted by Crippen LogP contribution is 2.39. The normalized spacial score (nSPS) is 17.3. The topological polar surface area (TPSA) is 145 Å². The molecule has 4 heterocycles. The fraction of sp³-hybridized carbons (Fsp3) is 0.214. The SMILES string of the molecule is O=C1CCC(n2ncc(Oc3ccc(O[C@H]4CCN(CCOc5ccc(-c6c(-c7ccc(F)cc7)ccc7cc(O)ccc67)cc5)C4)nc3)cc2=O)C(=O)N1. The van der Waals surface area contributed by atoms with Crippen molar-refractivity contribution in [1.82, 2.24) is 25.0 Å². The zero-order valence-electron chi connectivity index (χ0n) is 29.6. The number of hydrogen-bond donors (Lipinski definition) is 2. The number of carbonyl (C=O) groups is 2. The number of phenols is 1. The van der Waals surface area contributed by atoms with E-state index in [9.17, 15) is 23.9 Å². The maximum Gasteiger partial charge on any atom is 0.271 e. The van der Waals surface area contributed by atoms with Crippen LogP contribution in [0.15, 0.2) is 114 Å². The van der Waals surface area contributed by atoms with Gasteiger partial charge in [-0.2, -0.15) is 5.10 Å². The van der Waals surface area contributed by atoms with E-state index in [1.807, 2.05) is 42.5 Å². The Morgan fingerprint density at radius 1 is 0.836 bits per heavy atom. The van der Waals surface area contributed by atoms with Crippen molar-refractivity contribution in [3.8, 4) is 51.1 Å². The van der Waals surface area contributed by atoms with Crippen LogP contribution in [-0.2, 0) is 9.59 Å². The van der Waals surface area contributed by atoms with Crippen molar-refractivity contribution in [3.63, 3.8) is 0 Å². The summed E-state index contributed by atoms with van der Waals surface area (Å²) in [6.45, 7) is 2.80. The molecule has 2 aliphatic rings. The lowest BCUT2D eigenvalue weighted by atomic mass is 9.89. The van der Waals surface area contributed by atoms with Gasteiger partial charge in [-0.1, -0.05) is 42.5 Å². The van der Waals surface area contributed by atoms with Gasteiger partial charge < -0.3 is 19.3 Å². The molecular weight excluding hydrogens is 705 g/mol. The molecule has 0 saturated carbocycles. The van der Waals surface area contributed by atoms with Crippen molar-refractivity contribution in [2.24, 2.45) is 0 Å². The van der Waals surface area contributed by atoms with Crippen LogP contribution in [0.2, 0.25) is 0 Å². The van der Waals surface area contributed by atoms with Crippen molar-refractivity contribution in [3.05, 3.63) is 126 Å². The Hall–Kier alpha value is -6.60. The Labute approximate surface area is 314 Å². The second-order valence-corrected chi connectivity index (χ2v) is 13.5. The number of nitrogens with one attached hydrogen (secondary N) is 1. The molecule has 2 saturated heterocycles. The monoisotopic (exact) mass is 741 g/mol. The molecule has 2 N–H and O–H groups in total. The van der Waals surface area contributed by atoms with Crippen LogP contribution in [0.25, 0.3) is 33.0 Å². The van der Waals surface area contributed by atoms with Crippen LogP contribution < -0.4 is 25.1 Å². The highest BCUT2D eigenvalue weighted by atomic mass is 19.1. The molecule has 55 heavy (non-hydrogen) atoms. The Morgan fingerprint density at radius 2 is 1.64 bits per heavy atom. The summed E-state index contributed by atoms with van der Waals surface area (Å²) >= 11 is 0. The van der Waals surface area contributed by atoms with E-state index < -0.39 is 17.5 Å². The number of fused-ring (bicyclic) bond motifs is 1. The van der Waals surface area contributed by atoms with Crippen LogP contribution in [0.4, 0.5) is 4.39 Å². The third-order valence-corrected chi connectivity index (χ3v) is 9.75. The number of aromatic nitrogens is 3. The Bertz CT molecular complexity index is 2420. The van der Waals surface area contributed by atoms with Crippen molar-refractivity contribution in [1.29, 1.82) is 0 Å². The summed E-state index contributed by atoms with van der Waals surface area (Å²) in [5.74, 6) is 0.751. The van der Waals surface area contributed by atoms with Gasteiger partial charge in [0.15, 0.2) is 5.75 Å². The number of imide groups is 1. The molecule has 2 atom stereocenters. The average Bonchev–Trinajstić information content (AvgIpc) is 3.63. The molecule has 2 fully saturated rings. The smallest absolute Gasteiger partial charge is 0.271 e. The number of phenolic OH excluding ortho intramolecular Hbond substituents is 1. The molecule has 6 aromatic rings. The number of pyridine rings is 1. The molecule has 8 rings (SSSR count). The summed E-state index contributed by atoms with van der Waals surface area (Å²) in [5, 5.41) is 18.3. The van der Waals surface area contributed by atoms with Crippen molar-refractivity contribution in [2.75, 3.05) is 26.2 Å². The molecule has 2 aliphatic heterocycles. The molecule has 278 valence electrons. The number of aromatic hydroxyl groups is 1. The molecular formula is C42H36FN5O7. The number of likely N-dealkylation sites (tertiary alicyclic amines) is 1. The van der Waals surface area contributed by atoms with Gasteiger partial charge in [-0.3, -0.25) is 24.6 Å². The van der Waals surface area contributed by atoms with E-state index in [0.29, 0.717) is 18.2 Å². The van der Waals surface area contributed by atoms with Crippen molar-refractivity contribution in [2.45, 2.75) is 31.4 Å². The Balaban J connectivity index is 0.832. The van der Waals surface area contributed by atoms with Crippen molar-refractivity contribution < 1.29 is 33.3 Å². The predicted octanol–water partition coefficient (Wildman–Crippen LogP) is 6.27. The van der Waals surface area contributed by atoms with Gasteiger partial charge in [0.25, 0.3) is 11.5 Å². The van der Waals surface area contributed by atoms with Gasteiger partial charge in [-0.05, 0) is 88.3 Å². The summed E-state index contributed by atoms with van der Waals surface area (Å²) in [7, 11) is 0. The molecule has 1 unspecified atom stereocenters. The average molecular weight is 742 g/mol. The summed E-state index contributed by atoms with van der Waals surface area (Å²) in [6.07, 6.45) is 3.98. The first-order chi connectivity index (χ1) is 26.8. The van der Waals surface area contributed by atoms with E-state index in [2.05, 4.69) is 20.3 Å². The molecule has 2 amide bonds. The van der Waals surface area contributed by atoms with Gasteiger partial charge in [-0.15, -0.1) is 0 Å². The Kier molecular flexibility index (Phi) is 9.92. The maximum absolute atomic E-state index is 13.7. The number of amides is 2. The first-order valence-corrected chi connectivity index (χ1v) is 18.0. The lowest BCUT2D eigenvalue weighted by Gasteiger charge is -2.21. The Morgan fingerprint density at radius 3 is 2.40 bits per heavy atom. The molecule has 0 aliphatic carbocycles. The fourth-order valence-corrected chi connectivity index (χ4v) is 7.02. The third kappa shape index (κ3) is 8.02. The molecule has 0 bridgehead atoms. The zero-order valence-corrected chi connectivity index (χ0v) is 29.6. The minimum Gasteiger partial charge on any atom is -0.508 e. The number of halogens is 1. The van der Waals surface area contributed by atoms with E-state index in [4.69, 9.17) is 14.2 Å². The minimum absolute atomic E-state index is 0.0412. The molecule has 2 aromatic heterocycles. The number of nitrogens with zero attached hydrogens (tertiary/aromatic N) is 4. The van der Waals surface area contributed by atoms with E-state index in [-0.39, 0.29) is 42.2 Å². The quantitative estimate of drug-likeness (QED) is 0.146. The zero-order chi connectivity index (χ0) is 37.9. The summed E-state index contributed by atoms with van der Waals surface area (Å²) < 4.78 is 32.8. The van der Waals surface area contributed by atoms with Crippen LogP contribution in [0.5, 0.6) is 28.9 Å². The lowest BCUT2D eigenvalue weighted by molar-refractivity contribution is -0.136. The van der Waals surface area contributed by atoms with Gasteiger partial charge in [0.05, 0.1) is 12.4 Å². The largest absolute Gasteiger partial charge is 0.508 e. The molecule has 13 heteroatoms. The van der Waals surface area contributed by atoms with Gasteiger partial charge >= 0.3 is 0 Å². The maximum atomic E-state index is 13.7. The van der Waals surface area contributed by atoms with Gasteiger partial charge in [0.1, 0.15) is 41.8 Å². The number of rotatable bonds is 11. The van der Waals surface area contributed by atoms with Crippen LogP contribution in [0.3, 0.4) is 0 Å². The second kappa shape index (κ2) is 15.4. The second-order valence-electron chi connectivity index (χ2n) is 13.5. The number of hydrogen-bond acceptors (Lipinski definition) is 10. The third-order valence-electron chi connectivity index (χ3n) is 9.75. The predicted molar refractivity (Wildman–Crippen MR) is 202 cm³/mol. The molecule has 0 radical (unpaired) electrons. The summed E-state index contributed by atoms with van der Waals surface area (Å²) in [4.78, 5) is 42.8. The number of carbonyl (C=O) groups excluding carboxylic acids is 2. The number of piperidine rings is 1. The standard InChI is InChI=1S/C42H36FN5O7/c43-29-6-1-26(2-7-29)35-12-5-28-21-30(49)8-13-36(28)41(35)27-3-9-31(10-4-27)53-20-19-47-18-17-33(25-47)55-39-16-11-32(23-44-39)54-34-22-40(51)48(45-24-34)37-14-15-38(50)46-42(37)52/h1-13,16,21-24,33,37,49H,14-15,17-20,25H2,(H,46,50,52)/t33-,37?/m0/s1. The molecule has 0 spiro atoms. The highest BCUT2D eigenvalue weighted by molar-refractivity contribution is 6.04. The van der Waals surface area contributed by atoms with E-state index in [1.165, 1.54) is 30.6 Å². The lowest BCUT2D eigenvalue weighted by Crippen LogP contribution is -2.45. The number of ether oxygens (including phenoxy) is 3. The van der Waals surface area contributed by atoms with Gasteiger partial charge in [0.2, 0.25) is 11.8 Å². The minimum atomic E-state index is -0.847. The van der Waals surface area contributed by atoms with Crippen LogP contribution in [-0.4, -0.2) is 68.9 Å². The van der Waals surface area contributed by atoms with Gasteiger partial charge in [0, 0.05) is 38.2 Å². The van der Waals surface area contributed by atoms with E-state index >= 15 is 0 Å². The van der Waals surface area contributed by atoms with Crippen LogP contribution >= 0.6 is 0 Å². The first kappa shape index (κ1) is 35.4. The first-order valence-electron chi connectivity index (χ1n) is 18.0. The highest BCUT2D eigenvalue weighted by Gasteiger charge is 2.30. The number of benzene rings is 4. The van der Waals surface area contributed by atoms with E-state index in [0.717, 1.165) is 69.5 Å². The molecule has 12 nitrogen and oxygen atoms in total. The van der Waals surface area contributed by atoms with Crippen molar-refractivity contribution >= 4 is 22.6 Å². The fourth-order valence-electron chi connectivity index (χ4n) is 7.02.